The Labute approximate surface area is 120 Å². The average Bonchev–Trinajstić information content (AvgIpc) is 2.24. The molecule has 0 atom stereocenters. The molecule has 0 unspecified atom stereocenters. The Hall–Kier alpha value is -1.56. The van der Waals surface area contributed by atoms with Crippen molar-refractivity contribution in [2.45, 2.75) is 34.1 Å². The van der Waals surface area contributed by atoms with Gasteiger partial charge in [0.1, 0.15) is 0 Å². The highest BCUT2D eigenvalue weighted by Gasteiger charge is 2.18. The van der Waals surface area contributed by atoms with Gasteiger partial charge in [-0.1, -0.05) is 20.8 Å². The Balaban J connectivity index is 2.83. The molecule has 0 saturated carbocycles. The highest BCUT2D eigenvalue weighted by Crippen LogP contribution is 2.21. The normalized spacial score (nSPS) is 12.2. The molecule has 0 saturated heterocycles. The van der Waals surface area contributed by atoms with Crippen molar-refractivity contribution in [1.82, 2.24) is 0 Å². The van der Waals surface area contributed by atoms with Crippen molar-refractivity contribution in [2.75, 3.05) is 10.5 Å². The number of hydrogen-bond acceptors (Lipinski definition) is 3. The lowest BCUT2D eigenvalue weighted by Crippen LogP contribution is -2.21. The maximum absolute atomic E-state index is 11.9. The van der Waals surface area contributed by atoms with Crippen molar-refractivity contribution in [1.29, 1.82) is 0 Å². The number of carboxylic acid groups (broad SMARTS) is 1. The molecule has 2 N–H and O–H groups in total. The number of hydrogen-bond donors (Lipinski definition) is 2. The van der Waals surface area contributed by atoms with E-state index in [0.29, 0.717) is 17.7 Å². The molecule has 0 aliphatic heterocycles. The van der Waals surface area contributed by atoms with Crippen LogP contribution in [0.4, 0.5) is 5.69 Å². The number of carbonyl (C=O) groups is 1. The van der Waals surface area contributed by atoms with Crippen LogP contribution in [0.5, 0.6) is 0 Å². The first-order valence-corrected chi connectivity index (χ1v) is 8.00. The molecule has 0 spiro atoms. The van der Waals surface area contributed by atoms with Crippen molar-refractivity contribution in [3.63, 3.8) is 0 Å². The van der Waals surface area contributed by atoms with Gasteiger partial charge >= 0.3 is 5.97 Å². The Morgan fingerprint density at radius 3 is 2.35 bits per heavy atom. The van der Waals surface area contributed by atoms with Crippen molar-refractivity contribution in [2.24, 2.45) is 5.41 Å². The van der Waals surface area contributed by atoms with Gasteiger partial charge in [-0.05, 0) is 42.5 Å². The molecule has 0 bridgehead atoms. The van der Waals surface area contributed by atoms with E-state index in [1.54, 1.807) is 6.92 Å². The molecule has 0 aliphatic rings. The highest BCUT2D eigenvalue weighted by atomic mass is 32.2. The summed E-state index contributed by atoms with van der Waals surface area (Å²) >= 11 is 0. The molecular formula is C14H21NO4S. The second-order valence-corrected chi connectivity index (χ2v) is 7.91. The molecule has 0 aliphatic carbocycles. The van der Waals surface area contributed by atoms with Crippen molar-refractivity contribution in [3.05, 3.63) is 29.3 Å². The van der Waals surface area contributed by atoms with E-state index >= 15 is 0 Å². The Bertz CT molecular complexity index is 600. The maximum Gasteiger partial charge on any atom is 0.335 e. The second kappa shape index (κ2) is 5.83. The fraction of sp³-hybridized carbons (Fsp3) is 0.500. The first kappa shape index (κ1) is 16.5. The standard InChI is InChI=1S/C14H21NO4S/c1-10-9-11(5-6-12(10)13(16)17)15-20(18,19)8-7-14(2,3)4/h5-6,9,15H,7-8H2,1-4H3,(H,16,17). The SMILES string of the molecule is Cc1cc(NS(=O)(=O)CCC(C)(C)C)ccc1C(=O)O. The Kier molecular flexibility index (Phi) is 4.81. The minimum absolute atomic E-state index is 0.0379. The largest absolute Gasteiger partial charge is 0.478 e. The van der Waals surface area contributed by atoms with E-state index in [1.165, 1.54) is 18.2 Å². The van der Waals surface area contributed by atoms with Gasteiger partial charge in [-0.2, -0.15) is 0 Å². The van der Waals surface area contributed by atoms with E-state index in [0.717, 1.165) is 0 Å². The van der Waals surface area contributed by atoms with Gasteiger partial charge in [0.25, 0.3) is 0 Å². The zero-order valence-corrected chi connectivity index (χ0v) is 13.0. The zero-order chi connectivity index (χ0) is 15.6. The minimum Gasteiger partial charge on any atom is -0.478 e. The molecule has 6 heteroatoms. The summed E-state index contributed by atoms with van der Waals surface area (Å²) in [6.45, 7) is 7.58. The van der Waals surface area contributed by atoms with Crippen LogP contribution in [0.2, 0.25) is 0 Å². The van der Waals surface area contributed by atoms with E-state index in [-0.39, 0.29) is 16.7 Å². The average molecular weight is 299 g/mol. The molecule has 1 aromatic rings. The predicted octanol–water partition coefficient (Wildman–Crippen LogP) is 2.87. The molecule has 0 aromatic heterocycles. The van der Waals surface area contributed by atoms with E-state index in [9.17, 15) is 13.2 Å². The zero-order valence-electron chi connectivity index (χ0n) is 12.2. The fourth-order valence-electron chi connectivity index (χ4n) is 1.64. The number of aryl methyl sites for hydroxylation is 1. The Morgan fingerprint density at radius 1 is 1.30 bits per heavy atom. The van der Waals surface area contributed by atoms with Crippen LogP contribution in [0.1, 0.15) is 43.1 Å². The molecule has 5 nitrogen and oxygen atoms in total. The van der Waals surface area contributed by atoms with Crippen LogP contribution < -0.4 is 4.72 Å². The summed E-state index contributed by atoms with van der Waals surface area (Å²) in [5.74, 6) is -0.986. The van der Waals surface area contributed by atoms with Gasteiger partial charge in [0, 0.05) is 5.69 Å². The van der Waals surface area contributed by atoms with Gasteiger partial charge in [0.15, 0.2) is 0 Å². The summed E-state index contributed by atoms with van der Waals surface area (Å²) in [5.41, 5.74) is 1.02. The molecule has 20 heavy (non-hydrogen) atoms. The van der Waals surface area contributed by atoms with Crippen molar-refractivity contribution < 1.29 is 18.3 Å². The minimum atomic E-state index is -3.42. The lowest BCUT2D eigenvalue weighted by Gasteiger charge is -2.18. The number of benzene rings is 1. The smallest absolute Gasteiger partial charge is 0.335 e. The van der Waals surface area contributed by atoms with Crippen molar-refractivity contribution >= 4 is 21.7 Å². The Morgan fingerprint density at radius 2 is 1.90 bits per heavy atom. The van der Waals surface area contributed by atoms with Gasteiger partial charge in [0.2, 0.25) is 10.0 Å². The number of aromatic carboxylic acids is 1. The van der Waals surface area contributed by atoms with E-state index in [2.05, 4.69) is 4.72 Å². The van der Waals surface area contributed by atoms with Crippen molar-refractivity contribution in [3.8, 4) is 0 Å². The van der Waals surface area contributed by atoms with Gasteiger partial charge in [-0.25, -0.2) is 13.2 Å². The highest BCUT2D eigenvalue weighted by molar-refractivity contribution is 7.92. The fourth-order valence-corrected chi connectivity index (χ4v) is 3.11. The first-order chi connectivity index (χ1) is 9.00. The van der Waals surface area contributed by atoms with Crippen LogP contribution >= 0.6 is 0 Å². The van der Waals surface area contributed by atoms with Crippen LogP contribution in [0.25, 0.3) is 0 Å². The molecule has 0 heterocycles. The van der Waals surface area contributed by atoms with E-state index in [1.807, 2.05) is 20.8 Å². The van der Waals surface area contributed by atoms with Crippen LogP contribution in [0, 0.1) is 12.3 Å². The summed E-state index contributed by atoms with van der Waals surface area (Å²) in [6, 6.07) is 4.39. The number of sulfonamides is 1. The number of anilines is 1. The van der Waals surface area contributed by atoms with Gasteiger partial charge in [-0.15, -0.1) is 0 Å². The van der Waals surface area contributed by atoms with Gasteiger partial charge in [0.05, 0.1) is 11.3 Å². The quantitative estimate of drug-likeness (QED) is 0.875. The molecule has 0 radical (unpaired) electrons. The third-order valence-electron chi connectivity index (χ3n) is 2.85. The van der Waals surface area contributed by atoms with E-state index in [4.69, 9.17) is 5.11 Å². The summed E-state index contributed by atoms with van der Waals surface area (Å²) < 4.78 is 26.4. The first-order valence-electron chi connectivity index (χ1n) is 6.35. The summed E-state index contributed by atoms with van der Waals surface area (Å²) in [5, 5.41) is 8.92. The molecule has 1 aromatic carbocycles. The topological polar surface area (TPSA) is 83.5 Å². The van der Waals surface area contributed by atoms with Gasteiger partial charge < -0.3 is 5.11 Å². The monoisotopic (exact) mass is 299 g/mol. The number of rotatable bonds is 5. The van der Waals surface area contributed by atoms with Crippen LogP contribution in [-0.4, -0.2) is 25.2 Å². The lowest BCUT2D eigenvalue weighted by molar-refractivity contribution is 0.0696. The second-order valence-electron chi connectivity index (χ2n) is 6.07. The molecular weight excluding hydrogens is 278 g/mol. The lowest BCUT2D eigenvalue weighted by atomic mass is 9.94. The molecule has 112 valence electrons. The summed E-state index contributed by atoms with van der Waals surface area (Å²) in [6.07, 6.45) is 0.550. The predicted molar refractivity (Wildman–Crippen MR) is 79.6 cm³/mol. The summed E-state index contributed by atoms with van der Waals surface area (Å²) in [7, 11) is -3.42. The van der Waals surface area contributed by atoms with Crippen LogP contribution in [0.15, 0.2) is 18.2 Å². The third-order valence-corrected chi connectivity index (χ3v) is 4.14. The molecule has 0 amide bonds. The summed E-state index contributed by atoms with van der Waals surface area (Å²) in [4.78, 5) is 10.9. The third kappa shape index (κ3) is 5.21. The van der Waals surface area contributed by atoms with Crippen LogP contribution in [-0.2, 0) is 10.0 Å². The van der Waals surface area contributed by atoms with Gasteiger partial charge in [-0.3, -0.25) is 4.72 Å². The molecule has 0 fully saturated rings. The van der Waals surface area contributed by atoms with E-state index < -0.39 is 16.0 Å². The maximum atomic E-state index is 11.9. The molecule has 1 rings (SSSR count). The number of carboxylic acids is 1. The van der Waals surface area contributed by atoms with Crippen LogP contribution in [0.3, 0.4) is 0 Å². The number of nitrogens with one attached hydrogen (secondary N) is 1.